The van der Waals surface area contributed by atoms with Crippen LogP contribution in [-0.2, 0) is 0 Å². The van der Waals surface area contributed by atoms with Gasteiger partial charge in [0.2, 0.25) is 0 Å². The number of hydrogen-bond donors (Lipinski definition) is 0. The molecule has 2 fully saturated rings. The number of fused-ring (bicyclic) bond motifs is 1. The van der Waals surface area contributed by atoms with Crippen LogP contribution in [0.3, 0.4) is 0 Å². The fraction of sp³-hybridized carbons (Fsp3) is 0.600. The summed E-state index contributed by atoms with van der Waals surface area (Å²) in [4.78, 5) is 4.94. The highest BCUT2D eigenvalue weighted by Gasteiger charge is 2.28. The predicted octanol–water partition coefficient (Wildman–Crippen LogP) is 2.81. The molecule has 1 aromatic carbocycles. The highest BCUT2D eigenvalue weighted by atomic mass is 19.1. The van der Waals surface area contributed by atoms with E-state index in [1.807, 2.05) is 13.0 Å². The highest BCUT2D eigenvalue weighted by molar-refractivity contribution is 5.48. The highest BCUT2D eigenvalue weighted by Crippen LogP contribution is 2.25. The van der Waals surface area contributed by atoms with Crippen LogP contribution in [-0.4, -0.2) is 37.1 Å². The number of anilines is 1. The van der Waals surface area contributed by atoms with Crippen molar-refractivity contribution in [3.63, 3.8) is 0 Å². The summed E-state index contributed by atoms with van der Waals surface area (Å²) in [7, 11) is 0. The minimum absolute atomic E-state index is 0.0847. The summed E-state index contributed by atoms with van der Waals surface area (Å²) in [5, 5.41) is 0. The van der Waals surface area contributed by atoms with Crippen LogP contribution in [0.1, 0.15) is 24.8 Å². The standard InChI is InChI=1S/C15H21FN2/c1-12-5-6-13(10-15(12)16)18-9-8-17-7-3-2-4-14(17)11-18/h5-6,10,14H,2-4,7-9,11H2,1H3. The van der Waals surface area contributed by atoms with E-state index in [-0.39, 0.29) is 5.82 Å². The van der Waals surface area contributed by atoms with Crippen molar-refractivity contribution >= 4 is 5.69 Å². The zero-order valence-corrected chi connectivity index (χ0v) is 11.0. The molecule has 2 aliphatic rings. The van der Waals surface area contributed by atoms with Gasteiger partial charge in [-0.25, -0.2) is 4.39 Å². The molecule has 0 aromatic heterocycles. The molecule has 1 unspecified atom stereocenters. The Labute approximate surface area is 108 Å². The van der Waals surface area contributed by atoms with Gasteiger partial charge < -0.3 is 4.90 Å². The normalized spacial score (nSPS) is 25.0. The maximum absolute atomic E-state index is 13.6. The average Bonchev–Trinajstić information content (AvgIpc) is 2.41. The number of hydrogen-bond acceptors (Lipinski definition) is 2. The van der Waals surface area contributed by atoms with E-state index >= 15 is 0 Å². The molecule has 1 atom stereocenters. The van der Waals surface area contributed by atoms with Gasteiger partial charge in [0, 0.05) is 31.4 Å². The van der Waals surface area contributed by atoms with Gasteiger partial charge in [-0.05, 0) is 44.0 Å². The lowest BCUT2D eigenvalue weighted by Gasteiger charge is -2.45. The van der Waals surface area contributed by atoms with Crippen LogP contribution in [0.2, 0.25) is 0 Å². The molecule has 98 valence electrons. The molecule has 3 heteroatoms. The molecule has 2 aliphatic heterocycles. The fourth-order valence-electron chi connectivity index (χ4n) is 3.17. The van der Waals surface area contributed by atoms with Crippen molar-refractivity contribution in [3.05, 3.63) is 29.6 Å². The average molecular weight is 248 g/mol. The summed E-state index contributed by atoms with van der Waals surface area (Å²) in [6, 6.07) is 6.31. The summed E-state index contributed by atoms with van der Waals surface area (Å²) < 4.78 is 13.6. The molecule has 0 N–H and O–H groups in total. The Morgan fingerprint density at radius 2 is 2.06 bits per heavy atom. The van der Waals surface area contributed by atoms with Gasteiger partial charge in [0.1, 0.15) is 5.82 Å². The molecule has 0 spiro atoms. The Morgan fingerprint density at radius 3 is 2.89 bits per heavy atom. The smallest absolute Gasteiger partial charge is 0.128 e. The molecule has 0 saturated carbocycles. The SMILES string of the molecule is Cc1ccc(N2CCN3CCCCC3C2)cc1F. The summed E-state index contributed by atoms with van der Waals surface area (Å²) in [6.45, 7) is 6.28. The van der Waals surface area contributed by atoms with Crippen molar-refractivity contribution < 1.29 is 4.39 Å². The molecule has 0 aliphatic carbocycles. The molecule has 3 rings (SSSR count). The Kier molecular flexibility index (Phi) is 3.25. The van der Waals surface area contributed by atoms with E-state index < -0.39 is 0 Å². The first kappa shape index (κ1) is 12.0. The molecule has 0 amide bonds. The lowest BCUT2D eigenvalue weighted by molar-refractivity contribution is 0.133. The molecular formula is C15H21FN2. The minimum atomic E-state index is -0.0847. The van der Waals surface area contributed by atoms with E-state index in [9.17, 15) is 4.39 Å². The number of halogens is 1. The number of rotatable bonds is 1. The number of benzene rings is 1. The van der Waals surface area contributed by atoms with Crippen LogP contribution in [0.15, 0.2) is 18.2 Å². The Bertz CT molecular complexity index is 433. The van der Waals surface area contributed by atoms with E-state index in [1.54, 1.807) is 6.07 Å². The summed E-state index contributed by atoms with van der Waals surface area (Å²) in [6.07, 6.45) is 3.98. The number of aryl methyl sites for hydroxylation is 1. The van der Waals surface area contributed by atoms with Crippen LogP contribution in [0.5, 0.6) is 0 Å². The van der Waals surface area contributed by atoms with Gasteiger partial charge in [-0.1, -0.05) is 12.5 Å². The minimum Gasteiger partial charge on any atom is -0.369 e. The molecular weight excluding hydrogens is 227 g/mol. The number of piperazine rings is 1. The Morgan fingerprint density at radius 1 is 1.17 bits per heavy atom. The van der Waals surface area contributed by atoms with Gasteiger partial charge in [0.25, 0.3) is 0 Å². The van der Waals surface area contributed by atoms with Crippen molar-refractivity contribution in [1.29, 1.82) is 0 Å². The largest absolute Gasteiger partial charge is 0.369 e. The van der Waals surface area contributed by atoms with E-state index in [0.29, 0.717) is 6.04 Å². The molecule has 2 saturated heterocycles. The van der Waals surface area contributed by atoms with Crippen LogP contribution in [0, 0.1) is 12.7 Å². The molecule has 0 radical (unpaired) electrons. The third-order valence-corrected chi connectivity index (χ3v) is 4.36. The van der Waals surface area contributed by atoms with Gasteiger partial charge in [-0.2, -0.15) is 0 Å². The lowest BCUT2D eigenvalue weighted by atomic mass is 9.99. The first-order valence-electron chi connectivity index (χ1n) is 6.99. The second-order valence-corrected chi connectivity index (χ2v) is 5.57. The van der Waals surface area contributed by atoms with E-state index in [2.05, 4.69) is 15.9 Å². The summed E-state index contributed by atoms with van der Waals surface area (Å²) >= 11 is 0. The zero-order chi connectivity index (χ0) is 12.5. The van der Waals surface area contributed by atoms with Crippen LogP contribution in [0.25, 0.3) is 0 Å². The summed E-state index contributed by atoms with van der Waals surface area (Å²) in [5.41, 5.74) is 1.78. The second kappa shape index (κ2) is 4.88. The molecule has 0 bridgehead atoms. The monoisotopic (exact) mass is 248 g/mol. The van der Waals surface area contributed by atoms with Crippen LogP contribution in [0.4, 0.5) is 10.1 Å². The number of piperidine rings is 1. The van der Waals surface area contributed by atoms with Gasteiger partial charge >= 0.3 is 0 Å². The maximum Gasteiger partial charge on any atom is 0.128 e. The Hall–Kier alpha value is -1.09. The van der Waals surface area contributed by atoms with Crippen molar-refractivity contribution in [1.82, 2.24) is 4.90 Å². The topological polar surface area (TPSA) is 6.48 Å². The summed E-state index contributed by atoms with van der Waals surface area (Å²) in [5.74, 6) is -0.0847. The van der Waals surface area contributed by atoms with Gasteiger partial charge in [-0.15, -0.1) is 0 Å². The molecule has 1 aromatic rings. The maximum atomic E-state index is 13.6. The second-order valence-electron chi connectivity index (χ2n) is 5.57. The molecule has 2 nitrogen and oxygen atoms in total. The van der Waals surface area contributed by atoms with Gasteiger partial charge in [0.05, 0.1) is 0 Å². The number of nitrogens with zero attached hydrogens (tertiary/aromatic N) is 2. The van der Waals surface area contributed by atoms with Crippen LogP contribution < -0.4 is 4.90 Å². The van der Waals surface area contributed by atoms with E-state index in [4.69, 9.17) is 0 Å². The third kappa shape index (κ3) is 2.24. The van der Waals surface area contributed by atoms with Gasteiger partial charge in [-0.3, -0.25) is 4.90 Å². The first-order valence-corrected chi connectivity index (χ1v) is 6.99. The van der Waals surface area contributed by atoms with Crippen molar-refractivity contribution in [3.8, 4) is 0 Å². The Balaban J connectivity index is 1.75. The first-order chi connectivity index (χ1) is 8.74. The quantitative estimate of drug-likeness (QED) is 0.754. The zero-order valence-electron chi connectivity index (χ0n) is 11.0. The van der Waals surface area contributed by atoms with Crippen molar-refractivity contribution in [2.75, 3.05) is 31.1 Å². The van der Waals surface area contributed by atoms with Crippen molar-refractivity contribution in [2.24, 2.45) is 0 Å². The predicted molar refractivity (Wildman–Crippen MR) is 72.6 cm³/mol. The third-order valence-electron chi connectivity index (χ3n) is 4.36. The fourth-order valence-corrected chi connectivity index (χ4v) is 3.17. The lowest BCUT2D eigenvalue weighted by Crippen LogP contribution is -2.54. The molecule has 2 heterocycles. The van der Waals surface area contributed by atoms with Crippen LogP contribution >= 0.6 is 0 Å². The molecule has 18 heavy (non-hydrogen) atoms. The van der Waals surface area contributed by atoms with E-state index in [0.717, 1.165) is 30.9 Å². The van der Waals surface area contributed by atoms with Gasteiger partial charge in [0.15, 0.2) is 0 Å². The van der Waals surface area contributed by atoms with E-state index in [1.165, 1.54) is 25.8 Å². The van der Waals surface area contributed by atoms with Crippen molar-refractivity contribution in [2.45, 2.75) is 32.2 Å².